The topological polar surface area (TPSA) is 88.1 Å². The fourth-order valence-electron chi connectivity index (χ4n) is 5.15. The third kappa shape index (κ3) is 5.13. The highest BCUT2D eigenvalue weighted by molar-refractivity contribution is 7.88. The highest BCUT2D eigenvalue weighted by Gasteiger charge is 2.41. The zero-order valence-corrected chi connectivity index (χ0v) is 19.5. The van der Waals surface area contributed by atoms with Crippen molar-refractivity contribution in [3.63, 3.8) is 0 Å². The number of aromatic nitrogens is 3. The van der Waals surface area contributed by atoms with Gasteiger partial charge in [-0.05, 0) is 56.3 Å². The van der Waals surface area contributed by atoms with Gasteiger partial charge in [-0.2, -0.15) is 0 Å². The van der Waals surface area contributed by atoms with Crippen LogP contribution in [-0.2, 0) is 10.0 Å². The van der Waals surface area contributed by atoms with Gasteiger partial charge in [-0.1, -0.05) is 13.8 Å². The molecule has 3 fully saturated rings. The first-order valence-electron chi connectivity index (χ1n) is 11.4. The molecule has 4 unspecified atom stereocenters. The molecule has 0 aliphatic carbocycles. The second kappa shape index (κ2) is 9.30. The Kier molecular flexibility index (Phi) is 6.69. The predicted molar refractivity (Wildman–Crippen MR) is 122 cm³/mol. The molecule has 7 nitrogen and oxygen atoms in total. The number of hydrogen-bond acceptors (Lipinski definition) is 6. The smallest absolute Gasteiger partial charge is 0.208 e. The van der Waals surface area contributed by atoms with Gasteiger partial charge in [-0.25, -0.2) is 23.1 Å². The molecule has 8 heteroatoms. The lowest BCUT2D eigenvalue weighted by Crippen LogP contribution is -2.56. The summed E-state index contributed by atoms with van der Waals surface area (Å²) >= 11 is 0. The summed E-state index contributed by atoms with van der Waals surface area (Å²) in [5.41, 5.74) is 3.27. The van der Waals surface area contributed by atoms with Gasteiger partial charge >= 0.3 is 0 Å². The zero-order chi connectivity index (χ0) is 22.0. The van der Waals surface area contributed by atoms with Gasteiger partial charge in [0.25, 0.3) is 0 Å². The monoisotopic (exact) mass is 443 g/mol. The lowest BCUT2D eigenvalue weighted by atomic mass is 9.74. The van der Waals surface area contributed by atoms with E-state index < -0.39 is 10.0 Å². The summed E-state index contributed by atoms with van der Waals surface area (Å²) in [4.78, 5) is 16.5. The largest absolute Gasteiger partial charge is 0.298 e. The van der Waals surface area contributed by atoms with E-state index in [1.54, 1.807) is 12.4 Å². The molecular weight excluding hydrogens is 410 g/mol. The van der Waals surface area contributed by atoms with Gasteiger partial charge in [0.1, 0.15) is 0 Å². The molecule has 0 saturated carbocycles. The number of rotatable bonds is 8. The van der Waals surface area contributed by atoms with Crippen LogP contribution in [0, 0.1) is 5.92 Å². The molecule has 2 aromatic rings. The second-order valence-corrected chi connectivity index (χ2v) is 10.8. The molecule has 5 heterocycles. The first-order chi connectivity index (χ1) is 14.9. The molecule has 3 saturated heterocycles. The van der Waals surface area contributed by atoms with E-state index in [-0.39, 0.29) is 6.04 Å². The van der Waals surface area contributed by atoms with Crippen molar-refractivity contribution in [1.82, 2.24) is 24.6 Å². The highest BCUT2D eigenvalue weighted by atomic mass is 32.2. The Morgan fingerprint density at radius 1 is 1.19 bits per heavy atom. The van der Waals surface area contributed by atoms with Crippen LogP contribution >= 0.6 is 0 Å². The quantitative estimate of drug-likeness (QED) is 0.674. The van der Waals surface area contributed by atoms with E-state index in [4.69, 9.17) is 9.97 Å². The minimum absolute atomic E-state index is 0.268. The van der Waals surface area contributed by atoms with Gasteiger partial charge in [0, 0.05) is 60.3 Å². The number of piperidine rings is 3. The minimum atomic E-state index is -3.17. The van der Waals surface area contributed by atoms with Crippen LogP contribution in [0.25, 0.3) is 11.4 Å². The lowest BCUT2D eigenvalue weighted by Gasteiger charge is -2.49. The van der Waals surface area contributed by atoms with Crippen molar-refractivity contribution in [1.29, 1.82) is 0 Å². The fourth-order valence-corrected chi connectivity index (χ4v) is 5.65. The summed E-state index contributed by atoms with van der Waals surface area (Å²) in [5.74, 6) is 2.09. The minimum Gasteiger partial charge on any atom is -0.298 e. The van der Waals surface area contributed by atoms with Crippen LogP contribution in [0.5, 0.6) is 0 Å². The van der Waals surface area contributed by atoms with E-state index in [9.17, 15) is 8.42 Å². The van der Waals surface area contributed by atoms with Crippen molar-refractivity contribution in [2.45, 2.75) is 57.4 Å². The molecule has 0 spiro atoms. The van der Waals surface area contributed by atoms with E-state index in [2.05, 4.69) is 34.5 Å². The molecule has 4 atom stereocenters. The molecule has 168 valence electrons. The number of hydrogen-bond donors (Lipinski definition) is 1. The average Bonchev–Trinajstić information content (AvgIpc) is 2.79. The van der Waals surface area contributed by atoms with Crippen molar-refractivity contribution in [2.75, 3.05) is 25.9 Å². The molecule has 2 aromatic heterocycles. The standard InChI is InChI=1S/C23H33N5O2S/c1-4-16(5-2)21-13-22(27-23(26-21)17-6-9-24-10-7-17)20-15-28-11-8-18(20)12-19(28)14-25-31(3,29)30/h6-7,9-10,13,16,18-20,25H,4-5,8,11-12,14-15H2,1-3H3. The van der Waals surface area contributed by atoms with Crippen LogP contribution in [0.1, 0.15) is 62.8 Å². The molecule has 1 N–H and O–H groups in total. The molecule has 3 aliphatic rings. The summed E-state index contributed by atoms with van der Waals surface area (Å²) in [7, 11) is -3.17. The molecule has 5 rings (SSSR count). The van der Waals surface area contributed by atoms with Gasteiger partial charge in [0.05, 0.1) is 6.26 Å². The maximum Gasteiger partial charge on any atom is 0.208 e. The van der Waals surface area contributed by atoms with Crippen molar-refractivity contribution in [3.8, 4) is 11.4 Å². The maximum atomic E-state index is 11.5. The van der Waals surface area contributed by atoms with Crippen molar-refractivity contribution in [3.05, 3.63) is 42.0 Å². The Labute approximate surface area is 185 Å². The van der Waals surface area contributed by atoms with E-state index in [0.717, 1.165) is 61.5 Å². The predicted octanol–water partition coefficient (Wildman–Crippen LogP) is 3.17. The van der Waals surface area contributed by atoms with Crippen LogP contribution in [0.15, 0.2) is 30.6 Å². The Morgan fingerprint density at radius 2 is 1.94 bits per heavy atom. The second-order valence-electron chi connectivity index (χ2n) is 8.95. The summed E-state index contributed by atoms with van der Waals surface area (Å²) < 4.78 is 25.8. The number of nitrogens with zero attached hydrogens (tertiary/aromatic N) is 4. The lowest BCUT2D eigenvalue weighted by molar-refractivity contribution is 0.0317. The molecule has 31 heavy (non-hydrogen) atoms. The highest BCUT2D eigenvalue weighted by Crippen LogP contribution is 2.42. The van der Waals surface area contributed by atoms with Crippen LogP contribution < -0.4 is 4.72 Å². The Balaban J connectivity index is 1.63. The molecule has 0 amide bonds. The summed E-state index contributed by atoms with van der Waals surface area (Å²) in [5, 5.41) is 0. The summed E-state index contributed by atoms with van der Waals surface area (Å²) in [6.07, 6.45) is 9.06. The summed E-state index contributed by atoms with van der Waals surface area (Å²) in [6, 6.07) is 6.45. The van der Waals surface area contributed by atoms with Gasteiger partial charge in [0.2, 0.25) is 10.0 Å². The van der Waals surface area contributed by atoms with Gasteiger partial charge in [-0.3, -0.25) is 9.88 Å². The Hall–Kier alpha value is -1.90. The van der Waals surface area contributed by atoms with Gasteiger partial charge in [0.15, 0.2) is 5.82 Å². The normalized spacial score (nSPS) is 25.8. The molecular formula is C23H33N5O2S. The van der Waals surface area contributed by atoms with E-state index in [0.29, 0.717) is 24.3 Å². The molecule has 0 radical (unpaired) electrons. The van der Waals surface area contributed by atoms with E-state index in [1.807, 2.05) is 12.1 Å². The Bertz CT molecular complexity index is 994. The maximum absolute atomic E-state index is 11.5. The molecule has 2 bridgehead atoms. The molecule has 3 aliphatic heterocycles. The Morgan fingerprint density at radius 3 is 2.55 bits per heavy atom. The number of sulfonamides is 1. The fraction of sp³-hybridized carbons (Fsp3) is 0.609. The SMILES string of the molecule is CCC(CC)c1cc(C2CN3CCC2CC3CNS(C)(=O)=O)nc(-c2ccncc2)n1. The van der Waals surface area contributed by atoms with Gasteiger partial charge < -0.3 is 0 Å². The average molecular weight is 444 g/mol. The first kappa shape index (κ1) is 22.3. The van der Waals surface area contributed by atoms with Crippen LogP contribution in [-0.4, -0.2) is 60.2 Å². The number of pyridine rings is 1. The van der Waals surface area contributed by atoms with Crippen LogP contribution in [0.2, 0.25) is 0 Å². The van der Waals surface area contributed by atoms with Crippen LogP contribution in [0.4, 0.5) is 0 Å². The zero-order valence-electron chi connectivity index (χ0n) is 18.7. The third-order valence-corrected chi connectivity index (χ3v) is 7.64. The number of fused-ring (bicyclic) bond motifs is 3. The van der Waals surface area contributed by atoms with Gasteiger partial charge in [-0.15, -0.1) is 0 Å². The van der Waals surface area contributed by atoms with E-state index >= 15 is 0 Å². The molecule has 0 aromatic carbocycles. The van der Waals surface area contributed by atoms with Crippen molar-refractivity contribution >= 4 is 10.0 Å². The van der Waals surface area contributed by atoms with E-state index in [1.165, 1.54) is 6.26 Å². The summed E-state index contributed by atoms with van der Waals surface area (Å²) in [6.45, 7) is 6.88. The van der Waals surface area contributed by atoms with Crippen LogP contribution in [0.3, 0.4) is 0 Å². The van der Waals surface area contributed by atoms with Crippen molar-refractivity contribution in [2.24, 2.45) is 5.92 Å². The van der Waals surface area contributed by atoms with Crippen molar-refractivity contribution < 1.29 is 8.42 Å². The first-order valence-corrected chi connectivity index (χ1v) is 13.2. The third-order valence-electron chi connectivity index (χ3n) is 6.95. The number of nitrogens with one attached hydrogen (secondary N) is 1.